The van der Waals surface area contributed by atoms with Crippen molar-refractivity contribution >= 4 is 0 Å². The molecule has 3 N–H and O–H groups in total. The van der Waals surface area contributed by atoms with E-state index in [1.807, 2.05) is 6.07 Å². The van der Waals surface area contributed by atoms with E-state index < -0.39 is 23.2 Å². The highest BCUT2D eigenvalue weighted by atomic mass is 16.5. The van der Waals surface area contributed by atoms with Crippen molar-refractivity contribution in [2.24, 2.45) is 5.92 Å². The fourth-order valence-corrected chi connectivity index (χ4v) is 7.13. The van der Waals surface area contributed by atoms with Gasteiger partial charge in [-0.1, -0.05) is 6.07 Å². The molecule has 2 bridgehead atoms. The quantitative estimate of drug-likeness (QED) is 0.547. The zero-order valence-corrected chi connectivity index (χ0v) is 16.3. The number of phenolic OH excluding ortho intramolecular Hbond substituents is 1. The maximum atomic E-state index is 12.2. The lowest BCUT2D eigenvalue weighted by Crippen LogP contribution is -2.81. The number of ether oxygens (including phenoxy) is 1. The molecule has 3 fully saturated rings. The zero-order valence-electron chi connectivity index (χ0n) is 16.3. The molecule has 2 aliphatic heterocycles. The van der Waals surface area contributed by atoms with E-state index in [1.54, 1.807) is 6.07 Å². The van der Waals surface area contributed by atoms with Crippen LogP contribution in [-0.4, -0.2) is 63.8 Å². The lowest BCUT2D eigenvalue weighted by atomic mass is 9.48. The van der Waals surface area contributed by atoms with Gasteiger partial charge < -0.3 is 32.0 Å². The van der Waals surface area contributed by atoms with Crippen LogP contribution in [-0.2, 0) is 11.8 Å². The number of hydrogen-bond donors (Lipinski definition) is 3. The lowest BCUT2D eigenvalue weighted by molar-refractivity contribution is -0.950. The largest absolute Gasteiger partial charge is 0.504 e. The third-order valence-electron chi connectivity index (χ3n) is 8.45. The second-order valence-electron chi connectivity index (χ2n) is 9.79. The average molecular weight is 373 g/mol. The number of aliphatic hydroxyl groups is 2. The number of rotatable bonds is 2. The van der Waals surface area contributed by atoms with Gasteiger partial charge in [-0.15, -0.1) is 0 Å². The van der Waals surface area contributed by atoms with Crippen LogP contribution in [0.2, 0.25) is 0 Å². The van der Waals surface area contributed by atoms with Crippen LogP contribution in [0.4, 0.5) is 0 Å². The predicted octanol–water partition coefficient (Wildman–Crippen LogP) is 1.91. The first-order valence-corrected chi connectivity index (χ1v) is 10.2. The average Bonchev–Trinajstić information content (AvgIpc) is 3.32. The van der Waals surface area contributed by atoms with Crippen molar-refractivity contribution in [3.8, 4) is 11.5 Å². The van der Waals surface area contributed by atoms with Crippen molar-refractivity contribution in [2.45, 2.75) is 67.8 Å². The van der Waals surface area contributed by atoms with Crippen LogP contribution in [0, 0.1) is 13.3 Å². The summed E-state index contributed by atoms with van der Waals surface area (Å²) in [5.41, 5.74) is 0.755. The Morgan fingerprint density at radius 1 is 1.22 bits per heavy atom. The Kier molecular flexibility index (Phi) is 3.42. The molecule has 1 aromatic rings. The molecule has 2 heterocycles. The van der Waals surface area contributed by atoms with Crippen LogP contribution >= 0.6 is 0 Å². The molecule has 148 valence electrons. The van der Waals surface area contributed by atoms with Gasteiger partial charge in [0.25, 0.3) is 0 Å². The number of aromatic hydroxyl groups is 1. The predicted molar refractivity (Wildman–Crippen MR) is 102 cm³/mol. The number of piperidine rings is 1. The molecule has 2 saturated carbocycles. The first-order valence-electron chi connectivity index (χ1n) is 10.2. The molecular formula is C22H31NO4. The van der Waals surface area contributed by atoms with Gasteiger partial charge in [-0.05, 0) is 37.3 Å². The molecular weight excluding hydrogens is 342 g/mol. The van der Waals surface area contributed by atoms with Crippen LogP contribution in [0.25, 0.3) is 0 Å². The van der Waals surface area contributed by atoms with Gasteiger partial charge in [0.2, 0.25) is 0 Å². The topological polar surface area (TPSA) is 69.9 Å². The summed E-state index contributed by atoms with van der Waals surface area (Å²) in [7, 11) is 2.33. The monoisotopic (exact) mass is 373 g/mol. The summed E-state index contributed by atoms with van der Waals surface area (Å²) in [5.74, 6) is 1.46. The zero-order chi connectivity index (χ0) is 17.9. The third-order valence-corrected chi connectivity index (χ3v) is 8.45. The van der Waals surface area contributed by atoms with Gasteiger partial charge in [-0.2, -0.15) is 0 Å². The molecule has 5 heteroatoms. The Balaban J connectivity index is 0.00000160. The molecule has 1 spiro atoms. The van der Waals surface area contributed by atoms with E-state index in [-0.39, 0.29) is 19.2 Å². The number of likely N-dealkylation sites (N-methyl/N-ethyl adjacent to an activating group) is 1. The molecule has 5 aliphatic rings. The fourth-order valence-electron chi connectivity index (χ4n) is 7.13. The number of phenols is 1. The van der Waals surface area contributed by atoms with E-state index >= 15 is 0 Å². The van der Waals surface area contributed by atoms with Crippen molar-refractivity contribution in [3.05, 3.63) is 30.7 Å². The number of hydrogen-bond acceptors (Lipinski definition) is 4. The van der Waals surface area contributed by atoms with Crippen LogP contribution < -0.4 is 4.74 Å². The van der Waals surface area contributed by atoms with Crippen LogP contribution in [0.1, 0.15) is 43.2 Å². The van der Waals surface area contributed by atoms with Crippen molar-refractivity contribution in [1.29, 1.82) is 0 Å². The summed E-state index contributed by atoms with van der Waals surface area (Å²) in [6.07, 6.45) is 4.44. The van der Waals surface area contributed by atoms with Gasteiger partial charge in [-0.25, -0.2) is 0 Å². The first-order chi connectivity index (χ1) is 12.4. The van der Waals surface area contributed by atoms with Gasteiger partial charge in [0.05, 0.1) is 31.7 Å². The Bertz CT molecular complexity index is 808. The minimum atomic E-state index is -0.870. The normalized spacial score (nSPS) is 46.3. The van der Waals surface area contributed by atoms with Gasteiger partial charge in [-0.3, -0.25) is 0 Å². The molecule has 27 heavy (non-hydrogen) atoms. The molecule has 3 aliphatic carbocycles. The highest BCUT2D eigenvalue weighted by Crippen LogP contribution is 2.66. The van der Waals surface area contributed by atoms with Crippen LogP contribution in [0.3, 0.4) is 0 Å². The second-order valence-corrected chi connectivity index (χ2v) is 9.79. The van der Waals surface area contributed by atoms with Crippen LogP contribution in [0.5, 0.6) is 11.5 Å². The molecule has 1 saturated heterocycles. The Morgan fingerprint density at radius 3 is 2.74 bits per heavy atom. The summed E-state index contributed by atoms with van der Waals surface area (Å²) in [6.45, 7) is 2.15. The van der Waals surface area contributed by atoms with E-state index in [1.165, 1.54) is 18.4 Å². The maximum absolute atomic E-state index is 12.2. The van der Waals surface area contributed by atoms with Crippen molar-refractivity contribution in [2.75, 3.05) is 20.1 Å². The van der Waals surface area contributed by atoms with E-state index in [2.05, 4.69) is 7.05 Å². The molecule has 0 radical (unpaired) electrons. The number of aliphatic hydroxyl groups excluding tert-OH is 1. The smallest absolute Gasteiger partial charge is 0.165 e. The number of benzene rings is 1. The molecule has 0 unspecified atom stereocenters. The van der Waals surface area contributed by atoms with E-state index in [0.29, 0.717) is 18.6 Å². The van der Waals surface area contributed by atoms with Crippen molar-refractivity contribution in [3.63, 3.8) is 0 Å². The fraction of sp³-hybridized carbons (Fsp3) is 0.682. The van der Waals surface area contributed by atoms with E-state index in [0.717, 1.165) is 41.9 Å². The van der Waals surface area contributed by atoms with Gasteiger partial charge >= 0.3 is 0 Å². The summed E-state index contributed by atoms with van der Waals surface area (Å²) in [6, 6.07) is 3.88. The molecule has 0 amide bonds. The van der Waals surface area contributed by atoms with E-state index in [9.17, 15) is 15.3 Å². The van der Waals surface area contributed by atoms with Gasteiger partial charge in [0.1, 0.15) is 17.7 Å². The number of nitrogens with zero attached hydrogens (tertiary/aromatic N) is 1. The van der Waals surface area contributed by atoms with E-state index in [4.69, 9.17) is 4.74 Å². The Hall–Kier alpha value is -1.30. The van der Waals surface area contributed by atoms with Crippen LogP contribution in [0.15, 0.2) is 12.1 Å². The van der Waals surface area contributed by atoms with Crippen molar-refractivity contribution < 1.29 is 24.5 Å². The first kappa shape index (κ1) is 17.8. The maximum Gasteiger partial charge on any atom is 0.165 e. The van der Waals surface area contributed by atoms with Gasteiger partial charge in [0, 0.05) is 24.3 Å². The van der Waals surface area contributed by atoms with Gasteiger partial charge in [0.15, 0.2) is 11.5 Å². The van der Waals surface area contributed by atoms with Crippen molar-refractivity contribution in [1.82, 2.24) is 0 Å². The molecule has 1 aromatic carbocycles. The molecule has 6 rings (SSSR count). The standard InChI is InChI=1S/C21H27NO4.CH3/c1-22(11-12-2-3-12)9-8-20-17-13-4-5-14(23)18(17)26-19(20)15(24)6-7-21(20,25)16(22)10-13;/h4-5,12,15-16,19,24-25H,2-3,6-11H2,1H3;1H3/q;-1/p+1/t15-,16-,19+,20+,21-,22-;/m1./s1. The highest BCUT2D eigenvalue weighted by molar-refractivity contribution is 5.62. The SMILES string of the molecule is C[N@+]1(CC2CC2)CC[C@]23c4c5ccc(O)c4O[C@H]2[C@H](O)CC[C@@]3(O)[C@H]1C5.[CH3-]. The number of quaternary nitrogens is 1. The molecule has 5 nitrogen and oxygen atoms in total. The number of likely N-dealkylation sites (tertiary alicyclic amines) is 1. The minimum Gasteiger partial charge on any atom is -0.504 e. The molecule has 6 atom stereocenters. The Labute approximate surface area is 161 Å². The highest BCUT2D eigenvalue weighted by Gasteiger charge is 2.76. The summed E-state index contributed by atoms with van der Waals surface area (Å²) >= 11 is 0. The third kappa shape index (κ3) is 1.91. The molecule has 0 aromatic heterocycles. The Morgan fingerprint density at radius 2 is 2.00 bits per heavy atom. The second kappa shape index (κ2) is 5.19. The lowest BCUT2D eigenvalue weighted by Gasteiger charge is -2.65. The summed E-state index contributed by atoms with van der Waals surface area (Å²) < 4.78 is 7.11. The summed E-state index contributed by atoms with van der Waals surface area (Å²) in [5, 5.41) is 33.4. The minimum absolute atomic E-state index is 0. The summed E-state index contributed by atoms with van der Waals surface area (Å²) in [4.78, 5) is 0.